The number of unbranched alkanes of at least 4 members (excludes halogenated alkanes) is 2. The Kier molecular flexibility index (Phi) is 9.74. The summed E-state index contributed by atoms with van der Waals surface area (Å²) in [5, 5.41) is 10.3. The van der Waals surface area contributed by atoms with Gasteiger partial charge in [0.1, 0.15) is 23.9 Å². The van der Waals surface area contributed by atoms with Crippen molar-refractivity contribution in [1.29, 1.82) is 0 Å². The van der Waals surface area contributed by atoms with Crippen LogP contribution in [0.2, 0.25) is 5.02 Å². The maximum atomic E-state index is 13.5. The number of anilines is 2. The van der Waals surface area contributed by atoms with Crippen LogP contribution in [0.1, 0.15) is 52.7 Å². The van der Waals surface area contributed by atoms with Crippen molar-refractivity contribution in [3.8, 4) is 11.4 Å². The van der Waals surface area contributed by atoms with Crippen molar-refractivity contribution in [2.75, 3.05) is 30.8 Å². The van der Waals surface area contributed by atoms with Crippen LogP contribution in [-0.4, -0.2) is 46.8 Å². The Hall–Kier alpha value is -3.59. The summed E-state index contributed by atoms with van der Waals surface area (Å²) in [6, 6.07) is 12.6. The number of urea groups is 1. The molecule has 0 bridgehead atoms. The minimum atomic E-state index is -0.577. The number of benzene rings is 2. The molecule has 0 saturated carbocycles. The van der Waals surface area contributed by atoms with E-state index in [4.69, 9.17) is 21.4 Å². The molecule has 0 aliphatic rings. The molecule has 0 aliphatic heterocycles. The molecule has 1 aromatic heterocycles. The van der Waals surface area contributed by atoms with E-state index in [1.165, 1.54) is 23.1 Å². The van der Waals surface area contributed by atoms with Crippen molar-refractivity contribution < 1.29 is 18.7 Å². The molecule has 0 atom stereocenters. The first kappa shape index (κ1) is 29.0. The number of rotatable bonds is 10. The Morgan fingerprint density at radius 2 is 1.79 bits per heavy atom. The number of carbonyl (C=O) groups is 2. The summed E-state index contributed by atoms with van der Waals surface area (Å²) in [6.07, 6.45) is 2.61. The maximum absolute atomic E-state index is 13.5. The Morgan fingerprint density at radius 3 is 2.39 bits per heavy atom. The monoisotopic (exact) mass is 543 g/mol. The third-order valence-electron chi connectivity index (χ3n) is 5.89. The van der Waals surface area contributed by atoms with E-state index in [9.17, 15) is 14.0 Å². The van der Waals surface area contributed by atoms with Gasteiger partial charge in [-0.1, -0.05) is 52.1 Å². The van der Waals surface area contributed by atoms with E-state index in [0.717, 1.165) is 30.6 Å². The van der Waals surface area contributed by atoms with Gasteiger partial charge in [-0.15, -0.1) is 0 Å². The van der Waals surface area contributed by atoms with Gasteiger partial charge in [-0.2, -0.15) is 5.10 Å². The van der Waals surface area contributed by atoms with Crippen LogP contribution in [0, 0.1) is 5.82 Å². The number of aromatic nitrogens is 2. The van der Waals surface area contributed by atoms with Crippen molar-refractivity contribution in [3.05, 3.63) is 65.1 Å². The molecule has 204 valence electrons. The minimum absolute atomic E-state index is 0.0977. The predicted octanol–water partition coefficient (Wildman–Crippen LogP) is 6.63. The fourth-order valence-corrected chi connectivity index (χ4v) is 3.87. The molecule has 1 heterocycles. The van der Waals surface area contributed by atoms with Crippen LogP contribution in [-0.2, 0) is 10.2 Å². The summed E-state index contributed by atoms with van der Waals surface area (Å²) in [5.41, 5.74) is 1.64. The summed E-state index contributed by atoms with van der Waals surface area (Å²) < 4.78 is 20.4. The van der Waals surface area contributed by atoms with Gasteiger partial charge in [-0.05, 0) is 48.9 Å². The van der Waals surface area contributed by atoms with E-state index >= 15 is 0 Å². The Labute approximate surface area is 228 Å². The van der Waals surface area contributed by atoms with Gasteiger partial charge in [0, 0.05) is 23.7 Å². The van der Waals surface area contributed by atoms with E-state index in [1.54, 1.807) is 11.8 Å². The molecule has 0 aliphatic carbocycles. The molecule has 0 saturated heterocycles. The normalized spacial score (nSPS) is 11.2. The lowest BCUT2D eigenvalue weighted by atomic mass is 9.92. The molecule has 2 aromatic carbocycles. The van der Waals surface area contributed by atoms with E-state index < -0.39 is 11.8 Å². The smallest absolute Gasteiger partial charge is 0.322 e. The lowest BCUT2D eigenvalue weighted by molar-refractivity contribution is -0.116. The number of nitrogens with zero attached hydrogens (tertiary/aromatic N) is 3. The van der Waals surface area contributed by atoms with Gasteiger partial charge < -0.3 is 20.3 Å². The topological polar surface area (TPSA) is 88.5 Å². The number of hydrogen-bond donors (Lipinski definition) is 2. The summed E-state index contributed by atoms with van der Waals surface area (Å²) >= 11 is 5.85. The van der Waals surface area contributed by atoms with Crippen molar-refractivity contribution in [3.63, 3.8) is 0 Å². The molecular formula is C28H35ClFN5O3. The molecule has 10 heteroatoms. The van der Waals surface area contributed by atoms with E-state index in [0.29, 0.717) is 23.8 Å². The zero-order valence-corrected chi connectivity index (χ0v) is 23.2. The second-order valence-corrected chi connectivity index (χ2v) is 10.4. The zero-order chi connectivity index (χ0) is 27.9. The first-order chi connectivity index (χ1) is 18.0. The predicted molar refractivity (Wildman–Crippen MR) is 149 cm³/mol. The highest BCUT2D eigenvalue weighted by Crippen LogP contribution is 2.27. The zero-order valence-electron chi connectivity index (χ0n) is 22.5. The molecule has 3 amide bonds. The van der Waals surface area contributed by atoms with Gasteiger partial charge in [0.25, 0.3) is 0 Å². The summed E-state index contributed by atoms with van der Waals surface area (Å²) in [7, 11) is 1.60. The molecule has 0 spiro atoms. The van der Waals surface area contributed by atoms with Gasteiger partial charge in [0.2, 0.25) is 5.91 Å². The lowest BCUT2D eigenvalue weighted by Gasteiger charge is -2.23. The standard InChI is InChI=1S/C28H35ClFN5O3/c1-6-7-8-15-34(27(37)31-19-9-14-23(30)22(29)16-19)18-26(36)32-25-17-24(28(2,3)4)33-35(25)20-10-12-21(38-5)13-11-20/h9-14,16-17H,6-8,15,18H2,1-5H3,(H,31,37)(H,32,36). The average Bonchev–Trinajstić information content (AvgIpc) is 3.30. The number of halogens is 2. The van der Waals surface area contributed by atoms with E-state index in [1.807, 2.05) is 51.1 Å². The largest absolute Gasteiger partial charge is 0.497 e. The summed E-state index contributed by atoms with van der Waals surface area (Å²) in [6.45, 7) is 8.39. The molecule has 3 aromatic rings. The number of methoxy groups -OCH3 is 1. The molecule has 0 radical (unpaired) electrons. The highest BCUT2D eigenvalue weighted by molar-refractivity contribution is 6.31. The van der Waals surface area contributed by atoms with Crippen LogP contribution in [0.4, 0.5) is 20.7 Å². The van der Waals surface area contributed by atoms with Crippen LogP contribution in [0.3, 0.4) is 0 Å². The van der Waals surface area contributed by atoms with E-state index in [-0.39, 0.29) is 22.9 Å². The van der Waals surface area contributed by atoms with Gasteiger partial charge in [0.15, 0.2) is 0 Å². The first-order valence-electron chi connectivity index (χ1n) is 12.6. The fraction of sp³-hybridized carbons (Fsp3) is 0.393. The van der Waals surface area contributed by atoms with Crippen molar-refractivity contribution in [2.45, 2.75) is 52.4 Å². The molecule has 8 nitrogen and oxygen atoms in total. The number of ether oxygens (including phenoxy) is 1. The molecule has 0 unspecified atom stereocenters. The Morgan fingerprint density at radius 1 is 1.08 bits per heavy atom. The molecule has 0 fully saturated rings. The molecule has 38 heavy (non-hydrogen) atoms. The van der Waals surface area contributed by atoms with Gasteiger partial charge in [-0.25, -0.2) is 13.9 Å². The van der Waals surface area contributed by atoms with Crippen LogP contribution in [0.15, 0.2) is 48.5 Å². The van der Waals surface area contributed by atoms with Crippen LogP contribution in [0.5, 0.6) is 5.75 Å². The van der Waals surface area contributed by atoms with Crippen LogP contribution in [0.25, 0.3) is 5.69 Å². The first-order valence-corrected chi connectivity index (χ1v) is 13.0. The highest BCUT2D eigenvalue weighted by Gasteiger charge is 2.23. The minimum Gasteiger partial charge on any atom is -0.497 e. The molecular weight excluding hydrogens is 509 g/mol. The summed E-state index contributed by atoms with van der Waals surface area (Å²) in [4.78, 5) is 27.7. The second-order valence-electron chi connectivity index (χ2n) is 10.0. The van der Waals surface area contributed by atoms with Crippen LogP contribution < -0.4 is 15.4 Å². The van der Waals surface area contributed by atoms with Crippen LogP contribution >= 0.6 is 11.6 Å². The molecule has 3 rings (SSSR count). The van der Waals surface area contributed by atoms with Gasteiger partial charge in [0.05, 0.1) is 23.5 Å². The average molecular weight is 544 g/mol. The van der Waals surface area contributed by atoms with Crippen molar-refractivity contribution in [1.82, 2.24) is 14.7 Å². The van der Waals surface area contributed by atoms with Gasteiger partial charge >= 0.3 is 6.03 Å². The Bertz CT molecular complexity index is 1250. The molecule has 2 N–H and O–H groups in total. The SMILES string of the molecule is CCCCCN(CC(=O)Nc1cc(C(C)(C)C)nn1-c1ccc(OC)cc1)C(=O)Nc1ccc(F)c(Cl)c1. The van der Waals surface area contributed by atoms with E-state index in [2.05, 4.69) is 17.6 Å². The fourth-order valence-electron chi connectivity index (χ4n) is 3.69. The van der Waals surface area contributed by atoms with Crippen molar-refractivity contribution in [2.24, 2.45) is 0 Å². The second kappa shape index (κ2) is 12.8. The number of hydrogen-bond acceptors (Lipinski definition) is 4. The number of carbonyl (C=O) groups excluding carboxylic acids is 2. The number of amides is 3. The quantitative estimate of drug-likeness (QED) is 0.281. The third-order valence-corrected chi connectivity index (χ3v) is 6.18. The lowest BCUT2D eigenvalue weighted by Crippen LogP contribution is -2.41. The Balaban J connectivity index is 1.81. The van der Waals surface area contributed by atoms with Gasteiger partial charge in [-0.3, -0.25) is 4.79 Å². The van der Waals surface area contributed by atoms with Crippen molar-refractivity contribution >= 4 is 35.0 Å². The third kappa shape index (κ3) is 7.71. The summed E-state index contributed by atoms with van der Waals surface area (Å²) in [5.74, 6) is 0.249. The highest BCUT2D eigenvalue weighted by atomic mass is 35.5. The maximum Gasteiger partial charge on any atom is 0.322 e. The number of nitrogens with one attached hydrogen (secondary N) is 2.